The molecule has 1 aromatic carbocycles. The van der Waals surface area contributed by atoms with Crippen LogP contribution in [0.2, 0.25) is 0 Å². The van der Waals surface area contributed by atoms with E-state index in [-0.39, 0.29) is 36.3 Å². The van der Waals surface area contributed by atoms with Crippen LogP contribution in [0.3, 0.4) is 0 Å². The lowest BCUT2D eigenvalue weighted by Crippen LogP contribution is -2.52. The molecule has 0 aromatic heterocycles. The lowest BCUT2D eigenvalue weighted by Gasteiger charge is -2.34. The van der Waals surface area contributed by atoms with Gasteiger partial charge in [-0.1, -0.05) is 17.7 Å². The molecule has 7 nitrogen and oxygen atoms in total. The highest BCUT2D eigenvalue weighted by Gasteiger charge is 2.31. The minimum atomic E-state index is -3.53. The fourth-order valence-corrected chi connectivity index (χ4v) is 4.59. The third-order valence-corrected chi connectivity index (χ3v) is 6.66. The monoisotopic (exact) mass is 365 g/mol. The van der Waals surface area contributed by atoms with Crippen molar-refractivity contribution >= 4 is 21.8 Å². The molecular formula is C17H23N3O4S. The smallest absolute Gasteiger partial charge is 0.243 e. The third-order valence-electron chi connectivity index (χ3n) is 4.75. The van der Waals surface area contributed by atoms with Crippen LogP contribution in [0.15, 0.2) is 29.2 Å². The Kier molecular flexibility index (Phi) is 5.10. The first kappa shape index (κ1) is 17.9. The Hall–Kier alpha value is -1.93. The van der Waals surface area contributed by atoms with Gasteiger partial charge in [0.05, 0.1) is 11.4 Å². The van der Waals surface area contributed by atoms with Crippen molar-refractivity contribution in [2.45, 2.75) is 24.7 Å². The molecule has 2 heterocycles. The maximum Gasteiger partial charge on any atom is 0.243 e. The van der Waals surface area contributed by atoms with Gasteiger partial charge in [0.1, 0.15) is 0 Å². The van der Waals surface area contributed by atoms with Gasteiger partial charge >= 0.3 is 0 Å². The molecular weight excluding hydrogens is 342 g/mol. The van der Waals surface area contributed by atoms with E-state index in [4.69, 9.17) is 0 Å². The van der Waals surface area contributed by atoms with E-state index in [1.165, 1.54) is 4.31 Å². The van der Waals surface area contributed by atoms with Crippen molar-refractivity contribution in [2.24, 2.45) is 0 Å². The van der Waals surface area contributed by atoms with Gasteiger partial charge < -0.3 is 9.80 Å². The topological polar surface area (TPSA) is 78.0 Å². The highest BCUT2D eigenvalue weighted by molar-refractivity contribution is 7.89. The van der Waals surface area contributed by atoms with Gasteiger partial charge in [0.2, 0.25) is 21.8 Å². The van der Waals surface area contributed by atoms with E-state index in [1.54, 1.807) is 34.1 Å². The summed E-state index contributed by atoms with van der Waals surface area (Å²) in [6.07, 6.45) is 1.31. The number of nitrogens with zero attached hydrogens (tertiary/aromatic N) is 3. The summed E-state index contributed by atoms with van der Waals surface area (Å²) in [4.78, 5) is 27.5. The van der Waals surface area contributed by atoms with Crippen molar-refractivity contribution < 1.29 is 18.0 Å². The average molecular weight is 365 g/mol. The summed E-state index contributed by atoms with van der Waals surface area (Å²) >= 11 is 0. The number of carbonyl (C=O) groups is 2. The molecule has 0 bridgehead atoms. The molecule has 2 aliphatic heterocycles. The zero-order chi connectivity index (χ0) is 18.0. The summed E-state index contributed by atoms with van der Waals surface area (Å²) in [5, 5.41) is 0. The van der Waals surface area contributed by atoms with E-state index in [1.807, 2.05) is 6.92 Å². The van der Waals surface area contributed by atoms with Crippen LogP contribution in [0.1, 0.15) is 18.4 Å². The molecule has 0 unspecified atom stereocenters. The maximum atomic E-state index is 12.7. The predicted octanol–water partition coefficient (Wildman–Crippen LogP) is 0.450. The molecule has 0 atom stereocenters. The van der Waals surface area contributed by atoms with Gasteiger partial charge in [-0.05, 0) is 25.5 Å². The second-order valence-electron chi connectivity index (χ2n) is 6.52. The highest BCUT2D eigenvalue weighted by Crippen LogP contribution is 2.18. The van der Waals surface area contributed by atoms with E-state index < -0.39 is 10.0 Å². The first-order chi connectivity index (χ1) is 11.9. The van der Waals surface area contributed by atoms with Crippen LogP contribution in [0.5, 0.6) is 0 Å². The van der Waals surface area contributed by atoms with Crippen LogP contribution >= 0.6 is 0 Å². The Morgan fingerprint density at radius 2 is 1.68 bits per heavy atom. The molecule has 1 aromatic rings. The maximum absolute atomic E-state index is 12.7. The van der Waals surface area contributed by atoms with Crippen molar-refractivity contribution in [1.29, 1.82) is 0 Å². The van der Waals surface area contributed by atoms with Crippen molar-refractivity contribution in [1.82, 2.24) is 14.1 Å². The molecule has 0 radical (unpaired) electrons. The van der Waals surface area contributed by atoms with Crippen LogP contribution < -0.4 is 0 Å². The van der Waals surface area contributed by atoms with E-state index in [0.29, 0.717) is 26.1 Å². The molecule has 0 spiro atoms. The Morgan fingerprint density at radius 1 is 1.04 bits per heavy atom. The number of amides is 2. The minimum absolute atomic E-state index is 0.0222. The molecule has 2 aliphatic rings. The molecule has 0 saturated carbocycles. The SMILES string of the molecule is Cc1ccc(S(=O)(=O)N2CCN(C(=O)CN3CCCC3=O)CC2)cc1. The second kappa shape index (κ2) is 7.13. The number of carbonyl (C=O) groups excluding carboxylic acids is 2. The van der Waals surface area contributed by atoms with Crippen LogP contribution in [0, 0.1) is 6.92 Å². The fraction of sp³-hybridized carbons (Fsp3) is 0.529. The van der Waals surface area contributed by atoms with Crippen molar-refractivity contribution in [3.05, 3.63) is 29.8 Å². The summed E-state index contributed by atoms with van der Waals surface area (Å²) in [5.41, 5.74) is 1.01. The first-order valence-corrected chi connectivity index (χ1v) is 9.94. The van der Waals surface area contributed by atoms with Gasteiger partial charge in [0.25, 0.3) is 0 Å². The molecule has 25 heavy (non-hydrogen) atoms. The van der Waals surface area contributed by atoms with Crippen molar-refractivity contribution in [3.8, 4) is 0 Å². The summed E-state index contributed by atoms with van der Waals surface area (Å²) in [6, 6.07) is 6.78. The molecule has 2 amide bonds. The number of benzene rings is 1. The summed E-state index contributed by atoms with van der Waals surface area (Å²) in [5.74, 6) is -0.0865. The average Bonchev–Trinajstić information content (AvgIpc) is 3.00. The largest absolute Gasteiger partial charge is 0.339 e. The van der Waals surface area contributed by atoms with E-state index in [0.717, 1.165) is 12.0 Å². The van der Waals surface area contributed by atoms with Crippen LogP contribution in [-0.4, -0.2) is 73.6 Å². The van der Waals surface area contributed by atoms with Gasteiger partial charge in [-0.15, -0.1) is 0 Å². The Balaban J connectivity index is 1.58. The van der Waals surface area contributed by atoms with Crippen LogP contribution in [0.4, 0.5) is 0 Å². The van der Waals surface area contributed by atoms with Crippen LogP contribution in [-0.2, 0) is 19.6 Å². The summed E-state index contributed by atoms with van der Waals surface area (Å²) in [7, 11) is -3.53. The third kappa shape index (κ3) is 3.85. The molecule has 2 fully saturated rings. The number of sulfonamides is 1. The number of hydrogen-bond donors (Lipinski definition) is 0. The first-order valence-electron chi connectivity index (χ1n) is 8.50. The second-order valence-corrected chi connectivity index (χ2v) is 8.45. The van der Waals surface area contributed by atoms with Gasteiger partial charge in [-0.3, -0.25) is 9.59 Å². The predicted molar refractivity (Wildman–Crippen MR) is 92.3 cm³/mol. The Labute approximate surface area is 148 Å². The van der Waals surface area contributed by atoms with Gasteiger partial charge in [0, 0.05) is 39.1 Å². The molecule has 8 heteroatoms. The molecule has 3 rings (SSSR count). The molecule has 0 aliphatic carbocycles. The molecule has 2 saturated heterocycles. The molecule has 0 N–H and O–H groups in total. The van der Waals surface area contributed by atoms with Crippen LogP contribution in [0.25, 0.3) is 0 Å². The minimum Gasteiger partial charge on any atom is -0.339 e. The summed E-state index contributed by atoms with van der Waals surface area (Å²) < 4.78 is 26.8. The zero-order valence-corrected chi connectivity index (χ0v) is 15.2. The number of aryl methyl sites for hydroxylation is 1. The van der Waals surface area contributed by atoms with E-state index >= 15 is 0 Å². The standard InChI is InChI=1S/C17H23N3O4S/c1-14-4-6-15(7-5-14)25(23,24)20-11-9-18(10-12-20)17(22)13-19-8-2-3-16(19)21/h4-7H,2-3,8-13H2,1H3. The zero-order valence-electron chi connectivity index (χ0n) is 14.3. The van der Waals surface area contributed by atoms with Gasteiger partial charge in [0.15, 0.2) is 0 Å². The highest BCUT2D eigenvalue weighted by atomic mass is 32.2. The van der Waals surface area contributed by atoms with Gasteiger partial charge in [-0.2, -0.15) is 4.31 Å². The number of likely N-dealkylation sites (tertiary alicyclic amines) is 1. The van der Waals surface area contributed by atoms with Gasteiger partial charge in [-0.25, -0.2) is 8.42 Å². The number of rotatable bonds is 4. The van der Waals surface area contributed by atoms with E-state index in [2.05, 4.69) is 0 Å². The number of piperazine rings is 1. The summed E-state index contributed by atoms with van der Waals surface area (Å²) in [6.45, 7) is 3.89. The van der Waals surface area contributed by atoms with Crippen molar-refractivity contribution in [3.63, 3.8) is 0 Å². The van der Waals surface area contributed by atoms with Crippen molar-refractivity contribution in [2.75, 3.05) is 39.3 Å². The fourth-order valence-electron chi connectivity index (χ4n) is 3.17. The lowest BCUT2D eigenvalue weighted by molar-refractivity contribution is -0.139. The molecule has 136 valence electrons. The number of hydrogen-bond acceptors (Lipinski definition) is 4. The lowest BCUT2D eigenvalue weighted by atomic mass is 10.2. The normalized spacial score (nSPS) is 19.5. The van der Waals surface area contributed by atoms with E-state index in [9.17, 15) is 18.0 Å². The Bertz CT molecular complexity index is 753. The Morgan fingerprint density at radius 3 is 2.24 bits per heavy atom. The quantitative estimate of drug-likeness (QED) is 0.776.